The smallest absolute Gasteiger partial charge is 0.188 e. The molecule has 0 spiro atoms. The highest BCUT2D eigenvalue weighted by Gasteiger charge is 2.43. The fourth-order valence-corrected chi connectivity index (χ4v) is 3.02. The number of rotatable bonds is 4. The van der Waals surface area contributed by atoms with E-state index in [4.69, 9.17) is 9.84 Å². The normalized spacial score (nSPS) is 32.0. The summed E-state index contributed by atoms with van der Waals surface area (Å²) >= 11 is -2.30. The van der Waals surface area contributed by atoms with Gasteiger partial charge in [-0.15, -0.1) is 0 Å². The Kier molecular flexibility index (Phi) is 4.78. The SMILES string of the molecule is O=S(O)c1ccc(NC2C(O)OC(CO)[C@H](O)[C@H]2O)c2nonc12. The molecule has 11 nitrogen and oxygen atoms in total. The van der Waals surface area contributed by atoms with Crippen molar-refractivity contribution in [1.29, 1.82) is 0 Å². The van der Waals surface area contributed by atoms with E-state index in [0.717, 1.165) is 0 Å². The summed E-state index contributed by atoms with van der Waals surface area (Å²) < 4.78 is 30.1. The van der Waals surface area contributed by atoms with Crippen LogP contribution in [0.3, 0.4) is 0 Å². The zero-order valence-corrected chi connectivity index (χ0v) is 12.8. The molecule has 4 unspecified atom stereocenters. The van der Waals surface area contributed by atoms with E-state index >= 15 is 0 Å². The Labute approximate surface area is 137 Å². The average Bonchev–Trinajstić information content (AvgIpc) is 3.04. The molecule has 3 rings (SSSR count). The van der Waals surface area contributed by atoms with Gasteiger partial charge < -0.3 is 35.0 Å². The first kappa shape index (κ1) is 17.2. The zero-order chi connectivity index (χ0) is 17.4. The van der Waals surface area contributed by atoms with Crippen molar-refractivity contribution >= 4 is 27.8 Å². The standard InChI is InChI=1S/C12H15N3O8S/c16-3-5-10(17)11(18)9(12(19)22-5)13-4-1-2-6(24(20)21)8-7(4)14-23-15-8/h1-2,5,9-13,16-19H,3H2,(H,20,21)/t5?,9?,10-,11-,12?/m0/s1. The molecule has 6 N–H and O–H groups in total. The van der Waals surface area contributed by atoms with E-state index in [9.17, 15) is 24.1 Å². The second-order valence-corrected chi connectivity index (χ2v) is 6.16. The Morgan fingerprint density at radius 1 is 1.17 bits per heavy atom. The lowest BCUT2D eigenvalue weighted by Gasteiger charge is -2.40. The van der Waals surface area contributed by atoms with Crippen LogP contribution in [-0.2, 0) is 15.8 Å². The lowest BCUT2D eigenvalue weighted by Crippen LogP contribution is -2.61. The van der Waals surface area contributed by atoms with E-state index in [0.29, 0.717) is 0 Å². The number of hydrogen-bond acceptors (Lipinski definition) is 10. The summed E-state index contributed by atoms with van der Waals surface area (Å²) in [5.74, 6) is 0. The van der Waals surface area contributed by atoms with Crippen LogP contribution in [0.1, 0.15) is 0 Å². The van der Waals surface area contributed by atoms with Crippen LogP contribution in [0.5, 0.6) is 0 Å². The Hall–Kier alpha value is -1.67. The van der Waals surface area contributed by atoms with Gasteiger partial charge in [0.15, 0.2) is 28.4 Å². The second kappa shape index (κ2) is 6.68. The van der Waals surface area contributed by atoms with E-state index in [2.05, 4.69) is 20.3 Å². The Balaban J connectivity index is 1.91. The van der Waals surface area contributed by atoms with Crippen molar-refractivity contribution < 1.29 is 38.6 Å². The van der Waals surface area contributed by atoms with Crippen LogP contribution in [0.15, 0.2) is 21.7 Å². The number of aliphatic hydroxyl groups is 4. The minimum atomic E-state index is -2.30. The van der Waals surface area contributed by atoms with Crippen LogP contribution in [0.25, 0.3) is 11.0 Å². The molecule has 1 aliphatic heterocycles. The van der Waals surface area contributed by atoms with Crippen molar-refractivity contribution in [3.63, 3.8) is 0 Å². The fraction of sp³-hybridized carbons (Fsp3) is 0.500. The number of ether oxygens (including phenoxy) is 1. The van der Waals surface area contributed by atoms with Crippen LogP contribution >= 0.6 is 0 Å². The predicted octanol–water partition coefficient (Wildman–Crippen LogP) is -1.98. The zero-order valence-electron chi connectivity index (χ0n) is 12.0. The highest BCUT2D eigenvalue weighted by atomic mass is 32.2. The van der Waals surface area contributed by atoms with Crippen LogP contribution in [-0.4, -0.2) is 76.8 Å². The molecule has 1 aromatic carbocycles. The maximum absolute atomic E-state index is 11.3. The van der Waals surface area contributed by atoms with Gasteiger partial charge in [-0.3, -0.25) is 0 Å². The maximum Gasteiger partial charge on any atom is 0.188 e. The van der Waals surface area contributed by atoms with Crippen molar-refractivity contribution in [2.45, 2.75) is 35.5 Å². The van der Waals surface area contributed by atoms with Gasteiger partial charge >= 0.3 is 0 Å². The van der Waals surface area contributed by atoms with E-state index in [1.54, 1.807) is 0 Å². The second-order valence-electron chi connectivity index (χ2n) is 5.22. The molecule has 0 bridgehead atoms. The molecular weight excluding hydrogens is 346 g/mol. The predicted molar refractivity (Wildman–Crippen MR) is 78.2 cm³/mol. The van der Waals surface area contributed by atoms with E-state index in [1.807, 2.05) is 0 Å². The molecule has 0 saturated carbocycles. The van der Waals surface area contributed by atoms with E-state index in [-0.39, 0.29) is 21.6 Å². The first-order chi connectivity index (χ1) is 11.4. The monoisotopic (exact) mass is 361 g/mol. The van der Waals surface area contributed by atoms with Gasteiger partial charge in [0.1, 0.15) is 24.4 Å². The topological polar surface area (TPSA) is 178 Å². The highest BCUT2D eigenvalue weighted by molar-refractivity contribution is 7.79. The van der Waals surface area contributed by atoms with Crippen LogP contribution < -0.4 is 5.32 Å². The summed E-state index contributed by atoms with van der Waals surface area (Å²) in [4.78, 5) is -0.0156. The number of nitrogens with one attached hydrogen (secondary N) is 1. The fourth-order valence-electron chi connectivity index (χ4n) is 2.53. The van der Waals surface area contributed by atoms with Crippen molar-refractivity contribution in [2.75, 3.05) is 11.9 Å². The molecule has 24 heavy (non-hydrogen) atoms. The van der Waals surface area contributed by atoms with Crippen LogP contribution in [0, 0.1) is 0 Å². The Morgan fingerprint density at radius 3 is 2.54 bits per heavy atom. The lowest BCUT2D eigenvalue weighted by molar-refractivity contribution is -0.245. The van der Waals surface area contributed by atoms with Gasteiger partial charge in [0.25, 0.3) is 0 Å². The van der Waals surface area contributed by atoms with Crippen molar-refractivity contribution in [3.8, 4) is 0 Å². The summed E-state index contributed by atoms with van der Waals surface area (Å²) in [6.07, 6.45) is -5.53. The lowest BCUT2D eigenvalue weighted by atomic mass is 9.97. The number of fused-ring (bicyclic) bond motifs is 1. The largest absolute Gasteiger partial charge is 0.394 e. The number of aromatic nitrogens is 2. The molecule has 1 aromatic heterocycles. The van der Waals surface area contributed by atoms with E-state index in [1.165, 1.54) is 12.1 Å². The maximum atomic E-state index is 11.3. The number of aliphatic hydroxyl groups excluding tert-OH is 4. The third-order valence-electron chi connectivity index (χ3n) is 3.79. The van der Waals surface area contributed by atoms with Crippen molar-refractivity contribution in [3.05, 3.63) is 12.1 Å². The minimum absolute atomic E-state index is 0.0156. The van der Waals surface area contributed by atoms with Gasteiger partial charge in [0.05, 0.1) is 17.2 Å². The third kappa shape index (κ3) is 2.88. The quantitative estimate of drug-likeness (QED) is 0.332. The molecule has 1 aliphatic rings. The van der Waals surface area contributed by atoms with Gasteiger partial charge in [-0.1, -0.05) is 0 Å². The summed E-state index contributed by atoms with van der Waals surface area (Å²) in [6.45, 7) is -0.573. The summed E-state index contributed by atoms with van der Waals surface area (Å²) in [7, 11) is 0. The third-order valence-corrected chi connectivity index (χ3v) is 4.49. The molecule has 0 aliphatic carbocycles. The Morgan fingerprint density at radius 2 is 1.88 bits per heavy atom. The van der Waals surface area contributed by atoms with Gasteiger partial charge in [0, 0.05) is 0 Å². The Bertz CT molecular complexity index is 755. The van der Waals surface area contributed by atoms with Gasteiger partial charge in [0.2, 0.25) is 0 Å². The highest BCUT2D eigenvalue weighted by Crippen LogP contribution is 2.29. The van der Waals surface area contributed by atoms with Gasteiger partial charge in [-0.05, 0) is 22.4 Å². The van der Waals surface area contributed by atoms with Crippen molar-refractivity contribution in [2.24, 2.45) is 0 Å². The number of hydrogen-bond donors (Lipinski definition) is 6. The molecule has 2 heterocycles. The summed E-state index contributed by atoms with van der Waals surface area (Å²) in [6, 6.07) is 1.55. The molecule has 12 heteroatoms. The van der Waals surface area contributed by atoms with Crippen molar-refractivity contribution in [1.82, 2.24) is 10.3 Å². The summed E-state index contributed by atoms with van der Waals surface area (Å²) in [5, 5.41) is 49.0. The number of nitrogens with zero attached hydrogens (tertiary/aromatic N) is 2. The molecule has 0 radical (unpaired) electrons. The molecule has 1 saturated heterocycles. The van der Waals surface area contributed by atoms with Gasteiger partial charge in [-0.2, -0.15) is 0 Å². The van der Waals surface area contributed by atoms with E-state index < -0.39 is 48.3 Å². The molecule has 1 fully saturated rings. The van der Waals surface area contributed by atoms with Gasteiger partial charge in [-0.25, -0.2) is 8.84 Å². The summed E-state index contributed by atoms with van der Waals surface area (Å²) in [5.41, 5.74) is 0.380. The average molecular weight is 361 g/mol. The first-order valence-electron chi connectivity index (χ1n) is 6.87. The molecular formula is C12H15N3O8S. The number of benzene rings is 1. The molecule has 132 valence electrons. The minimum Gasteiger partial charge on any atom is -0.394 e. The molecule has 6 atom stereocenters. The van der Waals surface area contributed by atoms with Crippen LogP contribution in [0.4, 0.5) is 5.69 Å². The first-order valence-corrected chi connectivity index (χ1v) is 7.98. The van der Waals surface area contributed by atoms with Crippen LogP contribution in [0.2, 0.25) is 0 Å². The molecule has 2 aromatic rings. The molecule has 0 amide bonds. The number of anilines is 1.